The minimum Gasteiger partial charge on any atom is -0.379 e. The van der Waals surface area contributed by atoms with E-state index in [1.807, 2.05) is 6.07 Å². The number of carbonyl (C=O) groups is 1. The number of carbonyl (C=O) groups excluding carboxylic acids is 1. The number of benzene rings is 2. The van der Waals surface area contributed by atoms with Gasteiger partial charge in [0.2, 0.25) is 5.91 Å². The lowest BCUT2D eigenvalue weighted by Crippen LogP contribution is -2.44. The van der Waals surface area contributed by atoms with E-state index in [0.29, 0.717) is 26.2 Å². The summed E-state index contributed by atoms with van der Waals surface area (Å²) in [5, 5.41) is 3.08. The minimum absolute atomic E-state index is 0.00965. The third-order valence-electron chi connectivity index (χ3n) is 5.99. The van der Waals surface area contributed by atoms with Crippen molar-refractivity contribution in [2.45, 2.75) is 38.1 Å². The van der Waals surface area contributed by atoms with Crippen molar-refractivity contribution in [3.05, 3.63) is 70.5 Å². The first-order valence-corrected chi connectivity index (χ1v) is 10.6. The molecule has 0 saturated carbocycles. The fourth-order valence-corrected chi connectivity index (χ4v) is 4.42. The molecule has 5 heteroatoms. The Hall–Kier alpha value is -2.24. The van der Waals surface area contributed by atoms with Gasteiger partial charge >= 0.3 is 0 Å². The largest absolute Gasteiger partial charge is 0.379 e. The van der Waals surface area contributed by atoms with Crippen LogP contribution in [0, 0.1) is 5.82 Å². The highest BCUT2D eigenvalue weighted by Crippen LogP contribution is 2.24. The number of aryl methyl sites for hydroxylation is 2. The van der Waals surface area contributed by atoms with Gasteiger partial charge in [-0.3, -0.25) is 9.69 Å². The van der Waals surface area contributed by atoms with Gasteiger partial charge in [0.25, 0.3) is 0 Å². The average Bonchev–Trinajstić information content (AvgIpc) is 2.75. The van der Waals surface area contributed by atoms with Crippen molar-refractivity contribution in [2.24, 2.45) is 0 Å². The molecule has 4 nitrogen and oxygen atoms in total. The van der Waals surface area contributed by atoms with Crippen LogP contribution in [0.25, 0.3) is 0 Å². The number of morpholine rings is 1. The summed E-state index contributed by atoms with van der Waals surface area (Å²) in [6.07, 6.45) is 5.14. The number of hydrogen-bond donors (Lipinski definition) is 1. The van der Waals surface area contributed by atoms with E-state index in [2.05, 4.69) is 28.4 Å². The second kappa shape index (κ2) is 9.51. The third kappa shape index (κ3) is 5.22. The Morgan fingerprint density at radius 1 is 1.07 bits per heavy atom. The van der Waals surface area contributed by atoms with E-state index in [-0.39, 0.29) is 17.8 Å². The summed E-state index contributed by atoms with van der Waals surface area (Å²) < 4.78 is 19.2. The smallest absolute Gasteiger partial charge is 0.224 e. The zero-order valence-electron chi connectivity index (χ0n) is 16.8. The van der Waals surface area contributed by atoms with Gasteiger partial charge < -0.3 is 10.1 Å². The Labute approximate surface area is 172 Å². The Morgan fingerprint density at radius 2 is 1.86 bits per heavy atom. The number of hydrogen-bond acceptors (Lipinski definition) is 3. The van der Waals surface area contributed by atoms with Gasteiger partial charge in [-0.25, -0.2) is 4.39 Å². The van der Waals surface area contributed by atoms with Crippen LogP contribution < -0.4 is 5.32 Å². The van der Waals surface area contributed by atoms with Crippen LogP contribution in [0.4, 0.5) is 4.39 Å². The first kappa shape index (κ1) is 20.0. The SMILES string of the molecule is O=C(Cc1ccc2c(c1)CCCC2)NCC(c1cccc(F)c1)N1CCOCC1. The van der Waals surface area contributed by atoms with Crippen molar-refractivity contribution in [1.29, 1.82) is 0 Å². The molecule has 1 heterocycles. The molecule has 1 N–H and O–H groups in total. The van der Waals surface area contributed by atoms with Crippen LogP contribution in [0.5, 0.6) is 0 Å². The van der Waals surface area contributed by atoms with Crippen LogP contribution >= 0.6 is 0 Å². The van der Waals surface area contributed by atoms with Crippen LogP contribution in [-0.4, -0.2) is 43.7 Å². The average molecular weight is 397 g/mol. The lowest BCUT2D eigenvalue weighted by Gasteiger charge is -2.35. The van der Waals surface area contributed by atoms with Crippen LogP contribution in [0.15, 0.2) is 42.5 Å². The molecular weight excluding hydrogens is 367 g/mol. The number of nitrogens with one attached hydrogen (secondary N) is 1. The number of halogens is 1. The molecule has 1 unspecified atom stereocenters. The Balaban J connectivity index is 1.40. The summed E-state index contributed by atoms with van der Waals surface area (Å²) in [6.45, 7) is 3.35. The molecule has 1 fully saturated rings. The monoisotopic (exact) mass is 396 g/mol. The second-order valence-electron chi connectivity index (χ2n) is 8.01. The Bertz CT molecular complexity index is 849. The van der Waals surface area contributed by atoms with Gasteiger partial charge in [0.15, 0.2) is 0 Å². The fourth-order valence-electron chi connectivity index (χ4n) is 4.42. The van der Waals surface area contributed by atoms with Gasteiger partial charge in [-0.05, 0) is 60.1 Å². The number of fused-ring (bicyclic) bond motifs is 1. The highest BCUT2D eigenvalue weighted by molar-refractivity contribution is 5.78. The summed E-state index contributed by atoms with van der Waals surface area (Å²) >= 11 is 0. The van der Waals surface area contributed by atoms with Crippen LogP contribution in [-0.2, 0) is 28.8 Å². The molecule has 1 aliphatic carbocycles. The van der Waals surface area contributed by atoms with E-state index in [0.717, 1.165) is 37.1 Å². The van der Waals surface area contributed by atoms with E-state index in [1.54, 1.807) is 12.1 Å². The van der Waals surface area contributed by atoms with Gasteiger partial charge in [0.1, 0.15) is 5.82 Å². The van der Waals surface area contributed by atoms with Crippen molar-refractivity contribution in [3.8, 4) is 0 Å². The van der Waals surface area contributed by atoms with Crippen molar-refractivity contribution in [2.75, 3.05) is 32.8 Å². The second-order valence-corrected chi connectivity index (χ2v) is 8.01. The topological polar surface area (TPSA) is 41.6 Å². The zero-order chi connectivity index (χ0) is 20.1. The summed E-state index contributed by atoms with van der Waals surface area (Å²) in [7, 11) is 0. The van der Waals surface area contributed by atoms with Crippen molar-refractivity contribution >= 4 is 5.91 Å². The normalized spacial score (nSPS) is 18.1. The van der Waals surface area contributed by atoms with Gasteiger partial charge in [-0.1, -0.05) is 30.3 Å². The predicted octanol–water partition coefficient (Wildman–Crippen LogP) is 3.44. The Morgan fingerprint density at radius 3 is 2.66 bits per heavy atom. The minimum atomic E-state index is -0.249. The maximum atomic E-state index is 13.8. The lowest BCUT2D eigenvalue weighted by molar-refractivity contribution is -0.120. The van der Waals surface area contributed by atoms with E-state index in [9.17, 15) is 9.18 Å². The third-order valence-corrected chi connectivity index (χ3v) is 5.99. The van der Waals surface area contributed by atoms with Gasteiger partial charge in [0.05, 0.1) is 25.7 Å². The predicted molar refractivity (Wildman–Crippen MR) is 111 cm³/mol. The fraction of sp³-hybridized carbons (Fsp3) is 0.458. The van der Waals surface area contributed by atoms with E-state index < -0.39 is 0 Å². The number of rotatable bonds is 6. The molecule has 1 atom stereocenters. The number of ether oxygens (including phenoxy) is 1. The molecule has 2 aliphatic rings. The first-order chi connectivity index (χ1) is 14.2. The molecule has 1 amide bonds. The highest BCUT2D eigenvalue weighted by atomic mass is 19.1. The molecule has 2 aromatic rings. The van der Waals surface area contributed by atoms with E-state index >= 15 is 0 Å². The van der Waals surface area contributed by atoms with Gasteiger partial charge in [-0.2, -0.15) is 0 Å². The lowest BCUT2D eigenvalue weighted by atomic mass is 9.90. The molecule has 29 heavy (non-hydrogen) atoms. The highest BCUT2D eigenvalue weighted by Gasteiger charge is 2.23. The van der Waals surface area contributed by atoms with Crippen LogP contribution in [0.1, 0.15) is 41.1 Å². The first-order valence-electron chi connectivity index (χ1n) is 10.6. The van der Waals surface area contributed by atoms with Crippen molar-refractivity contribution in [1.82, 2.24) is 10.2 Å². The molecule has 1 saturated heterocycles. The molecule has 0 bridgehead atoms. The molecule has 154 valence electrons. The summed E-state index contributed by atoms with van der Waals surface area (Å²) in [4.78, 5) is 14.9. The standard InChI is InChI=1S/C24H29FN2O2/c25-22-7-3-6-21(16-22)23(27-10-12-29-13-11-27)17-26-24(28)15-18-8-9-19-4-1-2-5-20(19)14-18/h3,6-9,14,16,23H,1-2,4-5,10-13,15,17H2,(H,26,28). The van der Waals surface area contributed by atoms with Gasteiger partial charge in [-0.15, -0.1) is 0 Å². The molecule has 0 radical (unpaired) electrons. The molecule has 0 aromatic heterocycles. The number of amides is 1. The van der Waals surface area contributed by atoms with E-state index in [1.165, 1.54) is 30.0 Å². The van der Waals surface area contributed by atoms with Crippen LogP contribution in [0.3, 0.4) is 0 Å². The molecule has 4 rings (SSSR count). The summed E-state index contributed by atoms with van der Waals surface area (Å²) in [5.74, 6) is -0.239. The summed E-state index contributed by atoms with van der Waals surface area (Å²) in [5.41, 5.74) is 4.78. The Kier molecular flexibility index (Phi) is 6.57. The van der Waals surface area contributed by atoms with Crippen molar-refractivity contribution < 1.29 is 13.9 Å². The quantitative estimate of drug-likeness (QED) is 0.813. The summed E-state index contributed by atoms with van der Waals surface area (Å²) in [6, 6.07) is 13.1. The van der Waals surface area contributed by atoms with Crippen LogP contribution in [0.2, 0.25) is 0 Å². The molecule has 1 aliphatic heterocycles. The van der Waals surface area contributed by atoms with Gasteiger partial charge in [0, 0.05) is 19.6 Å². The van der Waals surface area contributed by atoms with E-state index in [4.69, 9.17) is 4.74 Å². The molecular formula is C24H29FN2O2. The molecule has 2 aromatic carbocycles. The number of nitrogens with zero attached hydrogens (tertiary/aromatic N) is 1. The van der Waals surface area contributed by atoms with Crippen molar-refractivity contribution in [3.63, 3.8) is 0 Å². The maximum Gasteiger partial charge on any atom is 0.224 e. The zero-order valence-corrected chi connectivity index (χ0v) is 16.8. The maximum absolute atomic E-state index is 13.8. The molecule has 0 spiro atoms.